The fourth-order valence-electron chi connectivity index (χ4n) is 3.35. The van der Waals surface area contributed by atoms with Gasteiger partial charge >= 0.3 is 0 Å². The Morgan fingerprint density at radius 3 is 2.34 bits per heavy atom. The van der Waals surface area contributed by atoms with Crippen LogP contribution in [0.2, 0.25) is 0 Å². The van der Waals surface area contributed by atoms with Gasteiger partial charge in [0.15, 0.2) is 0 Å². The van der Waals surface area contributed by atoms with Crippen molar-refractivity contribution < 1.29 is 18.5 Å². The second-order valence-electron chi connectivity index (χ2n) is 6.82. The summed E-state index contributed by atoms with van der Waals surface area (Å²) in [5, 5.41) is 18.9. The predicted octanol–water partition coefficient (Wildman–Crippen LogP) is 3.80. The summed E-state index contributed by atoms with van der Waals surface area (Å²) >= 11 is 0. The molecule has 0 aliphatic carbocycles. The fraction of sp³-hybridized carbons (Fsp3) is 0.250. The van der Waals surface area contributed by atoms with Crippen LogP contribution in [0.3, 0.4) is 0 Å². The van der Waals surface area contributed by atoms with Crippen molar-refractivity contribution in [1.82, 2.24) is 15.1 Å². The lowest BCUT2D eigenvalue weighted by Gasteiger charge is -2.30. The van der Waals surface area contributed by atoms with Crippen LogP contribution in [0.25, 0.3) is 11.5 Å². The van der Waals surface area contributed by atoms with E-state index in [9.17, 15) is 19.3 Å². The SMILES string of the molecule is O=C(c1ccc([N+](=O)[O-])cc1)N1CCC(c2nnc(-c3ccc(F)cc3)o2)CC1. The van der Waals surface area contributed by atoms with Crippen molar-refractivity contribution in [3.05, 3.63) is 75.9 Å². The lowest BCUT2D eigenvalue weighted by Crippen LogP contribution is -2.38. The predicted molar refractivity (Wildman–Crippen MR) is 101 cm³/mol. The molecule has 1 aliphatic heterocycles. The minimum Gasteiger partial charge on any atom is -0.420 e. The molecule has 9 heteroatoms. The Bertz CT molecular complexity index is 1030. The lowest BCUT2D eigenvalue weighted by atomic mass is 9.96. The van der Waals surface area contributed by atoms with E-state index in [1.165, 1.54) is 36.4 Å². The second-order valence-corrected chi connectivity index (χ2v) is 6.82. The highest BCUT2D eigenvalue weighted by molar-refractivity contribution is 5.94. The van der Waals surface area contributed by atoms with Gasteiger partial charge in [0.1, 0.15) is 5.82 Å². The van der Waals surface area contributed by atoms with Gasteiger partial charge in [0, 0.05) is 42.3 Å². The van der Waals surface area contributed by atoms with Crippen molar-refractivity contribution in [2.45, 2.75) is 18.8 Å². The number of nitrogens with zero attached hydrogens (tertiary/aromatic N) is 4. The van der Waals surface area contributed by atoms with Gasteiger partial charge in [-0.3, -0.25) is 14.9 Å². The maximum Gasteiger partial charge on any atom is 0.269 e. The molecule has 1 amide bonds. The van der Waals surface area contributed by atoms with E-state index in [-0.39, 0.29) is 23.3 Å². The molecule has 0 saturated carbocycles. The van der Waals surface area contributed by atoms with Crippen molar-refractivity contribution in [1.29, 1.82) is 0 Å². The molecular formula is C20H17FN4O4. The third kappa shape index (κ3) is 3.98. The average Bonchev–Trinajstić information content (AvgIpc) is 3.24. The summed E-state index contributed by atoms with van der Waals surface area (Å²) in [7, 11) is 0. The summed E-state index contributed by atoms with van der Waals surface area (Å²) in [6.45, 7) is 1.05. The molecule has 1 aromatic heterocycles. The minimum atomic E-state index is -0.496. The van der Waals surface area contributed by atoms with Gasteiger partial charge in [-0.25, -0.2) is 4.39 Å². The van der Waals surface area contributed by atoms with E-state index in [0.717, 1.165) is 0 Å². The van der Waals surface area contributed by atoms with Crippen LogP contribution in [-0.4, -0.2) is 39.0 Å². The first-order valence-electron chi connectivity index (χ1n) is 9.14. The third-order valence-corrected chi connectivity index (χ3v) is 4.99. The molecule has 0 radical (unpaired) electrons. The summed E-state index contributed by atoms with van der Waals surface area (Å²) in [4.78, 5) is 24.6. The van der Waals surface area contributed by atoms with Gasteiger partial charge in [0.05, 0.1) is 4.92 Å². The largest absolute Gasteiger partial charge is 0.420 e. The van der Waals surface area contributed by atoms with Crippen LogP contribution >= 0.6 is 0 Å². The molecule has 1 fully saturated rings. The Morgan fingerprint density at radius 2 is 1.72 bits per heavy atom. The van der Waals surface area contributed by atoms with Crippen LogP contribution in [0.5, 0.6) is 0 Å². The molecule has 2 aromatic carbocycles. The summed E-state index contributed by atoms with van der Waals surface area (Å²) in [6.07, 6.45) is 1.34. The fourth-order valence-corrected chi connectivity index (χ4v) is 3.35. The van der Waals surface area contributed by atoms with Gasteiger partial charge in [-0.05, 0) is 49.2 Å². The minimum absolute atomic E-state index is 0.0395. The Kier molecular flexibility index (Phi) is 5.03. The molecule has 0 N–H and O–H groups in total. The number of benzene rings is 2. The normalized spacial score (nSPS) is 14.7. The number of non-ortho nitro benzene ring substituents is 1. The zero-order chi connectivity index (χ0) is 20.4. The van der Waals surface area contributed by atoms with E-state index in [4.69, 9.17) is 4.42 Å². The number of piperidine rings is 1. The first-order chi connectivity index (χ1) is 14.0. The van der Waals surface area contributed by atoms with Gasteiger partial charge in [0.2, 0.25) is 11.8 Å². The average molecular weight is 396 g/mol. The topological polar surface area (TPSA) is 102 Å². The van der Waals surface area contributed by atoms with Crippen molar-refractivity contribution in [2.24, 2.45) is 0 Å². The van der Waals surface area contributed by atoms with Crippen LogP contribution in [-0.2, 0) is 0 Å². The number of halogens is 1. The Hall–Kier alpha value is -3.62. The summed E-state index contributed by atoms with van der Waals surface area (Å²) in [5.41, 5.74) is 1.02. The molecular weight excluding hydrogens is 379 g/mol. The molecule has 8 nitrogen and oxygen atoms in total. The summed E-state index contributed by atoms with van der Waals surface area (Å²) < 4.78 is 18.8. The quantitative estimate of drug-likeness (QED) is 0.491. The molecule has 0 bridgehead atoms. The number of carbonyl (C=O) groups is 1. The zero-order valence-electron chi connectivity index (χ0n) is 15.3. The smallest absolute Gasteiger partial charge is 0.269 e. The third-order valence-electron chi connectivity index (χ3n) is 4.99. The molecule has 3 aromatic rings. The number of likely N-dealkylation sites (tertiary alicyclic amines) is 1. The van der Waals surface area contributed by atoms with Crippen LogP contribution in [0.4, 0.5) is 10.1 Å². The monoisotopic (exact) mass is 396 g/mol. The lowest BCUT2D eigenvalue weighted by molar-refractivity contribution is -0.384. The van der Waals surface area contributed by atoms with Crippen LogP contribution in [0.1, 0.15) is 35.0 Å². The van der Waals surface area contributed by atoms with E-state index in [1.807, 2.05) is 0 Å². The summed E-state index contributed by atoms with van der Waals surface area (Å²) in [6, 6.07) is 11.4. The van der Waals surface area contributed by atoms with E-state index in [2.05, 4.69) is 10.2 Å². The number of hydrogen-bond acceptors (Lipinski definition) is 6. The maximum absolute atomic E-state index is 13.0. The number of nitro groups is 1. The van der Waals surface area contributed by atoms with Crippen molar-refractivity contribution in [3.63, 3.8) is 0 Å². The Balaban J connectivity index is 1.38. The summed E-state index contributed by atoms with van der Waals surface area (Å²) in [5.74, 6) is 0.392. The number of hydrogen-bond donors (Lipinski definition) is 0. The van der Waals surface area contributed by atoms with Crippen molar-refractivity contribution >= 4 is 11.6 Å². The van der Waals surface area contributed by atoms with Gasteiger partial charge in [-0.15, -0.1) is 10.2 Å². The number of carbonyl (C=O) groups excluding carboxylic acids is 1. The standard InChI is InChI=1S/C20H17FN4O4/c21-16-5-1-13(2-6-16)18-22-23-19(29-18)14-9-11-24(12-10-14)20(26)15-3-7-17(8-4-15)25(27)28/h1-8,14H,9-12H2. The molecule has 0 atom stereocenters. The molecule has 0 spiro atoms. The van der Waals surface area contributed by atoms with Crippen molar-refractivity contribution in [2.75, 3.05) is 13.1 Å². The highest BCUT2D eigenvalue weighted by Gasteiger charge is 2.28. The zero-order valence-corrected chi connectivity index (χ0v) is 15.3. The number of amides is 1. The molecule has 2 heterocycles. The van der Waals surface area contributed by atoms with Gasteiger partial charge in [-0.1, -0.05) is 0 Å². The molecule has 148 valence electrons. The highest BCUT2D eigenvalue weighted by Crippen LogP contribution is 2.30. The van der Waals surface area contributed by atoms with Gasteiger partial charge < -0.3 is 9.32 Å². The molecule has 4 rings (SSSR count). The van der Waals surface area contributed by atoms with Crippen LogP contribution < -0.4 is 0 Å². The maximum atomic E-state index is 13.0. The van der Waals surface area contributed by atoms with E-state index in [1.54, 1.807) is 17.0 Å². The van der Waals surface area contributed by atoms with Crippen LogP contribution in [0.15, 0.2) is 52.9 Å². The van der Waals surface area contributed by atoms with Gasteiger partial charge in [0.25, 0.3) is 11.6 Å². The first kappa shape index (κ1) is 18.7. The van der Waals surface area contributed by atoms with E-state index in [0.29, 0.717) is 48.8 Å². The molecule has 0 unspecified atom stereocenters. The molecule has 1 aliphatic rings. The number of aromatic nitrogens is 2. The van der Waals surface area contributed by atoms with E-state index < -0.39 is 4.92 Å². The Morgan fingerprint density at radius 1 is 1.07 bits per heavy atom. The van der Waals surface area contributed by atoms with Crippen LogP contribution in [0, 0.1) is 15.9 Å². The number of rotatable bonds is 4. The van der Waals surface area contributed by atoms with Crippen molar-refractivity contribution in [3.8, 4) is 11.5 Å². The number of nitro benzene ring substituents is 1. The second kappa shape index (κ2) is 7.78. The van der Waals surface area contributed by atoms with Gasteiger partial charge in [-0.2, -0.15) is 0 Å². The molecule has 29 heavy (non-hydrogen) atoms. The first-order valence-corrected chi connectivity index (χ1v) is 9.14. The Labute approximate surface area is 165 Å². The molecule has 1 saturated heterocycles. The van der Waals surface area contributed by atoms with E-state index >= 15 is 0 Å². The highest BCUT2D eigenvalue weighted by atomic mass is 19.1.